The average Bonchev–Trinajstić information content (AvgIpc) is 2.88. The predicted molar refractivity (Wildman–Crippen MR) is 127 cm³/mol. The van der Waals surface area contributed by atoms with Gasteiger partial charge in [-0.25, -0.2) is 8.78 Å². The molecule has 0 bridgehead atoms. The molecular weight excluding hydrogens is 572 g/mol. The molecule has 0 aliphatic heterocycles. The molecule has 15 heteroatoms. The third kappa shape index (κ3) is 6.08. The monoisotopic (exact) mass is 584 g/mol. The Hall–Kier alpha value is -5.08. The number of ether oxygens (including phenoxy) is 1. The summed E-state index contributed by atoms with van der Waals surface area (Å²) >= 11 is 0. The van der Waals surface area contributed by atoms with Crippen LogP contribution >= 0.6 is 0 Å². The first-order chi connectivity index (χ1) is 19.1. The van der Waals surface area contributed by atoms with E-state index in [1.54, 1.807) is 0 Å². The van der Waals surface area contributed by atoms with Gasteiger partial charge in [-0.05, 0) is 36.4 Å². The lowest BCUT2D eigenvalue weighted by atomic mass is 10.00. The first-order valence-electron chi connectivity index (χ1n) is 11.0. The van der Waals surface area contributed by atoms with Gasteiger partial charge in [-0.2, -0.15) is 26.3 Å². The quantitative estimate of drug-likeness (QED) is 0.128. The normalized spacial score (nSPS) is 11.8. The predicted octanol–water partition coefficient (Wildman–Crippen LogP) is 8.95. The number of alkyl halides is 6. The molecule has 0 saturated carbocycles. The van der Waals surface area contributed by atoms with Crippen molar-refractivity contribution < 1.29 is 49.7 Å². The highest BCUT2D eigenvalue weighted by Crippen LogP contribution is 2.43. The number of halogens is 8. The molecule has 0 aliphatic carbocycles. The number of rotatable bonds is 6. The van der Waals surface area contributed by atoms with E-state index < -0.39 is 90.1 Å². The molecule has 0 atom stereocenters. The summed E-state index contributed by atoms with van der Waals surface area (Å²) in [5.41, 5.74) is -5.84. The number of nitrogens with zero attached hydrogens (tertiary/aromatic N) is 2. The van der Waals surface area contributed by atoms with Crippen LogP contribution in [-0.4, -0.2) is 9.85 Å². The molecule has 0 saturated heterocycles. The standard InChI is InChI=1S/C26H12F8N2O5/c27-21-9-13(25(29,30)31)1-5-17(21)19-11-15(35(37)38)3-7-23(19)41-24-8-4-16(36(39)40)12-20(24)18-6-2-14(10-22(18)28)26(32,33)34/h1-12H. The molecule has 212 valence electrons. The van der Waals surface area contributed by atoms with Crippen LogP contribution in [0.1, 0.15) is 11.1 Å². The summed E-state index contributed by atoms with van der Waals surface area (Å²) in [6.45, 7) is 0. The van der Waals surface area contributed by atoms with E-state index in [0.717, 1.165) is 36.4 Å². The van der Waals surface area contributed by atoms with Gasteiger partial charge < -0.3 is 4.74 Å². The van der Waals surface area contributed by atoms with Crippen molar-refractivity contribution in [2.45, 2.75) is 12.4 Å². The van der Waals surface area contributed by atoms with Crippen LogP contribution in [0.5, 0.6) is 11.5 Å². The van der Waals surface area contributed by atoms with Gasteiger partial charge in [-0.15, -0.1) is 0 Å². The van der Waals surface area contributed by atoms with E-state index in [1.807, 2.05) is 0 Å². The molecule has 4 rings (SSSR count). The molecule has 41 heavy (non-hydrogen) atoms. The van der Waals surface area contributed by atoms with Crippen molar-refractivity contribution in [2.75, 3.05) is 0 Å². The van der Waals surface area contributed by atoms with E-state index in [9.17, 15) is 55.4 Å². The number of hydrogen-bond acceptors (Lipinski definition) is 5. The van der Waals surface area contributed by atoms with E-state index in [4.69, 9.17) is 4.74 Å². The molecule has 0 heterocycles. The van der Waals surface area contributed by atoms with Gasteiger partial charge in [0.1, 0.15) is 23.1 Å². The maximum absolute atomic E-state index is 14.8. The van der Waals surface area contributed by atoms with Crippen LogP contribution in [0.4, 0.5) is 46.5 Å². The maximum atomic E-state index is 14.8. The number of hydrogen-bond donors (Lipinski definition) is 0. The lowest BCUT2D eigenvalue weighted by molar-refractivity contribution is -0.385. The molecule has 0 aromatic heterocycles. The summed E-state index contributed by atoms with van der Waals surface area (Å²) < 4.78 is 114. The van der Waals surface area contributed by atoms with Gasteiger partial charge in [-0.3, -0.25) is 20.2 Å². The van der Waals surface area contributed by atoms with Crippen LogP contribution in [0.2, 0.25) is 0 Å². The third-order valence-electron chi connectivity index (χ3n) is 5.74. The number of benzene rings is 4. The van der Waals surface area contributed by atoms with Crippen LogP contribution in [0, 0.1) is 31.9 Å². The number of nitro benzene ring substituents is 2. The summed E-state index contributed by atoms with van der Waals surface area (Å²) in [5, 5.41) is 22.7. The van der Waals surface area contributed by atoms with Crippen LogP contribution in [0.3, 0.4) is 0 Å². The second-order valence-corrected chi connectivity index (χ2v) is 8.36. The fourth-order valence-electron chi connectivity index (χ4n) is 3.80. The summed E-state index contributed by atoms with van der Waals surface area (Å²) in [6, 6.07) is 8.10. The molecule has 4 aromatic rings. The molecule has 0 fully saturated rings. The second kappa shape index (κ2) is 10.5. The van der Waals surface area contributed by atoms with E-state index in [-0.39, 0.29) is 12.1 Å². The highest BCUT2D eigenvalue weighted by atomic mass is 19.4. The summed E-state index contributed by atoms with van der Waals surface area (Å²) in [4.78, 5) is 20.9. The number of nitro groups is 2. The molecule has 0 N–H and O–H groups in total. The fraction of sp³-hybridized carbons (Fsp3) is 0.0769. The van der Waals surface area contributed by atoms with Crippen molar-refractivity contribution in [2.24, 2.45) is 0 Å². The zero-order valence-corrected chi connectivity index (χ0v) is 19.9. The Morgan fingerprint density at radius 2 is 0.902 bits per heavy atom. The molecular formula is C26H12F8N2O5. The minimum absolute atomic E-state index is 0.160. The Labute approximate surface area is 223 Å². The topological polar surface area (TPSA) is 95.5 Å². The lowest BCUT2D eigenvalue weighted by Crippen LogP contribution is -2.06. The first-order valence-corrected chi connectivity index (χ1v) is 11.0. The van der Waals surface area contributed by atoms with Crippen molar-refractivity contribution in [3.8, 4) is 33.8 Å². The van der Waals surface area contributed by atoms with E-state index >= 15 is 0 Å². The Balaban J connectivity index is 1.89. The highest BCUT2D eigenvalue weighted by molar-refractivity contribution is 5.77. The van der Waals surface area contributed by atoms with E-state index in [2.05, 4.69) is 0 Å². The van der Waals surface area contributed by atoms with Gasteiger partial charge in [0.05, 0.1) is 21.0 Å². The van der Waals surface area contributed by atoms with Gasteiger partial charge in [-0.1, -0.05) is 12.1 Å². The minimum Gasteiger partial charge on any atom is -0.456 e. The molecule has 0 amide bonds. The Kier molecular flexibility index (Phi) is 7.39. The van der Waals surface area contributed by atoms with Crippen LogP contribution < -0.4 is 4.74 Å². The van der Waals surface area contributed by atoms with Crippen molar-refractivity contribution in [3.63, 3.8) is 0 Å². The van der Waals surface area contributed by atoms with Gasteiger partial charge >= 0.3 is 12.4 Å². The average molecular weight is 584 g/mol. The molecule has 4 aromatic carbocycles. The zero-order valence-electron chi connectivity index (χ0n) is 19.9. The highest BCUT2D eigenvalue weighted by Gasteiger charge is 2.33. The van der Waals surface area contributed by atoms with Gasteiger partial charge in [0.2, 0.25) is 0 Å². The largest absolute Gasteiger partial charge is 0.456 e. The zero-order chi connectivity index (χ0) is 30.3. The lowest BCUT2D eigenvalue weighted by Gasteiger charge is -2.16. The van der Waals surface area contributed by atoms with Crippen molar-refractivity contribution >= 4 is 11.4 Å². The van der Waals surface area contributed by atoms with E-state index in [1.165, 1.54) is 0 Å². The number of non-ortho nitro benzene ring substituents is 2. The van der Waals surface area contributed by atoms with Crippen LogP contribution in [0.25, 0.3) is 22.3 Å². The molecule has 0 unspecified atom stereocenters. The SMILES string of the molecule is O=[N+]([O-])c1ccc(Oc2ccc([N+](=O)[O-])cc2-c2ccc(C(F)(F)F)cc2F)c(-c2ccc(C(F)(F)F)cc2F)c1. The molecule has 0 aliphatic rings. The maximum Gasteiger partial charge on any atom is 0.416 e. The van der Waals surface area contributed by atoms with E-state index in [0.29, 0.717) is 24.3 Å². The van der Waals surface area contributed by atoms with Crippen molar-refractivity contribution in [3.05, 3.63) is 116 Å². The smallest absolute Gasteiger partial charge is 0.416 e. The fourth-order valence-corrected chi connectivity index (χ4v) is 3.80. The first kappa shape index (κ1) is 28.9. The minimum atomic E-state index is -4.90. The molecule has 0 spiro atoms. The summed E-state index contributed by atoms with van der Waals surface area (Å²) in [6.07, 6.45) is -9.80. The van der Waals surface area contributed by atoms with Crippen LogP contribution in [0.15, 0.2) is 72.8 Å². The van der Waals surface area contributed by atoms with Crippen molar-refractivity contribution in [1.82, 2.24) is 0 Å². The third-order valence-corrected chi connectivity index (χ3v) is 5.74. The van der Waals surface area contributed by atoms with Crippen molar-refractivity contribution in [1.29, 1.82) is 0 Å². The Bertz CT molecular complexity index is 1560. The molecule has 7 nitrogen and oxygen atoms in total. The summed E-state index contributed by atoms with van der Waals surface area (Å²) in [7, 11) is 0. The van der Waals surface area contributed by atoms with Gasteiger partial charge in [0.25, 0.3) is 11.4 Å². The second-order valence-electron chi connectivity index (χ2n) is 8.36. The van der Waals surface area contributed by atoms with Gasteiger partial charge in [0.15, 0.2) is 0 Å². The Morgan fingerprint density at radius 3 is 1.20 bits per heavy atom. The van der Waals surface area contributed by atoms with Crippen LogP contribution in [-0.2, 0) is 12.4 Å². The Morgan fingerprint density at radius 1 is 0.537 bits per heavy atom. The summed E-state index contributed by atoms with van der Waals surface area (Å²) in [5.74, 6) is -3.67. The molecule has 0 radical (unpaired) electrons. The van der Waals surface area contributed by atoms with Gasteiger partial charge in [0, 0.05) is 46.5 Å².